The van der Waals surface area contributed by atoms with Gasteiger partial charge in [-0.25, -0.2) is 17.6 Å². The Kier molecular flexibility index (Phi) is 8.89. The highest BCUT2D eigenvalue weighted by Crippen LogP contribution is 2.36. The number of hydrogen-bond acceptors (Lipinski definition) is 6. The van der Waals surface area contributed by atoms with Crippen LogP contribution in [0, 0.1) is 5.82 Å². The normalized spacial score (nSPS) is 12.8. The molecule has 1 saturated heterocycles. The Morgan fingerprint density at radius 3 is 2.26 bits per heavy atom. The summed E-state index contributed by atoms with van der Waals surface area (Å²) in [6.07, 6.45) is 0.850. The van der Waals surface area contributed by atoms with E-state index in [0.717, 1.165) is 23.6 Å². The maximum absolute atomic E-state index is 14.9. The fourth-order valence-electron chi connectivity index (χ4n) is 4.26. The first-order valence-corrected chi connectivity index (χ1v) is 15.3. The van der Waals surface area contributed by atoms with Gasteiger partial charge in [0.05, 0.1) is 10.2 Å². The number of likely N-dealkylation sites (tertiary alicyclic amines) is 1. The van der Waals surface area contributed by atoms with Crippen LogP contribution in [0.3, 0.4) is 0 Å². The molecule has 0 aliphatic carbocycles. The lowest BCUT2D eigenvalue weighted by Crippen LogP contribution is -2.42. The fourth-order valence-corrected chi connectivity index (χ4v) is 6.21. The Hall–Kier alpha value is -4.22. The number of hydrogen-bond donors (Lipinski definition) is 1. The van der Waals surface area contributed by atoms with Crippen molar-refractivity contribution in [3.8, 4) is 16.9 Å². The van der Waals surface area contributed by atoms with Crippen molar-refractivity contribution < 1.29 is 31.9 Å². The van der Waals surface area contributed by atoms with Gasteiger partial charge in [0, 0.05) is 18.7 Å². The lowest BCUT2D eigenvalue weighted by molar-refractivity contribution is -0.147. The topological polar surface area (TPSA) is 102 Å². The summed E-state index contributed by atoms with van der Waals surface area (Å²) in [5, 5.41) is 0. The third kappa shape index (κ3) is 6.80. The van der Waals surface area contributed by atoms with Gasteiger partial charge in [0.15, 0.2) is 12.4 Å². The van der Waals surface area contributed by atoms with Crippen LogP contribution in [0.25, 0.3) is 11.1 Å². The van der Waals surface area contributed by atoms with E-state index in [1.54, 1.807) is 23.1 Å². The standard InChI is InChI=1S/C31H26BrFN2O6S/c32-25-16-24(31(37)35-14-7-15-35)18-28(30(25)41-20-29(36)40-19-21-8-3-1-4-9-21)42(38,39)34-27-17-23(12-13-26(27)33)22-10-5-2-6-11-22/h1-6,8-13,16-18,34H,7,14-15,19-20H2. The number of ether oxygens (including phenoxy) is 2. The third-order valence-electron chi connectivity index (χ3n) is 6.58. The number of rotatable bonds is 10. The first-order chi connectivity index (χ1) is 20.2. The molecule has 1 aliphatic rings. The van der Waals surface area contributed by atoms with Gasteiger partial charge in [-0.3, -0.25) is 9.52 Å². The van der Waals surface area contributed by atoms with Crippen LogP contribution in [-0.2, 0) is 26.2 Å². The number of carbonyl (C=O) groups excluding carboxylic acids is 2. The second kappa shape index (κ2) is 12.7. The fraction of sp³-hybridized carbons (Fsp3) is 0.161. The van der Waals surface area contributed by atoms with Gasteiger partial charge in [0.2, 0.25) is 0 Å². The van der Waals surface area contributed by atoms with E-state index in [1.807, 2.05) is 48.5 Å². The molecule has 0 atom stereocenters. The lowest BCUT2D eigenvalue weighted by Gasteiger charge is -2.31. The number of nitrogens with zero attached hydrogens (tertiary/aromatic N) is 1. The van der Waals surface area contributed by atoms with Crippen LogP contribution in [0.1, 0.15) is 22.3 Å². The molecule has 0 radical (unpaired) electrons. The van der Waals surface area contributed by atoms with Crippen LogP contribution in [-0.4, -0.2) is 44.9 Å². The van der Waals surface area contributed by atoms with Crippen molar-refractivity contribution in [3.05, 3.63) is 112 Å². The molecule has 1 fully saturated rings. The zero-order valence-corrected chi connectivity index (χ0v) is 24.7. The smallest absolute Gasteiger partial charge is 0.344 e. The molecule has 0 saturated carbocycles. The molecule has 4 aromatic rings. The maximum Gasteiger partial charge on any atom is 0.344 e. The van der Waals surface area contributed by atoms with Crippen molar-refractivity contribution in [1.29, 1.82) is 0 Å². The molecule has 1 N–H and O–H groups in total. The quantitative estimate of drug-likeness (QED) is 0.210. The summed E-state index contributed by atoms with van der Waals surface area (Å²) in [4.78, 5) is 26.6. The summed E-state index contributed by atoms with van der Waals surface area (Å²) in [7, 11) is -4.53. The molecule has 11 heteroatoms. The number of benzene rings is 4. The number of nitrogens with one attached hydrogen (secondary N) is 1. The number of halogens is 2. The molecule has 4 aromatic carbocycles. The van der Waals surface area contributed by atoms with Crippen LogP contribution in [0.4, 0.5) is 10.1 Å². The molecular weight excluding hydrogens is 627 g/mol. The maximum atomic E-state index is 14.9. The zero-order chi connectivity index (χ0) is 29.7. The summed E-state index contributed by atoms with van der Waals surface area (Å²) in [6, 6.07) is 24.8. The summed E-state index contributed by atoms with van der Waals surface area (Å²) in [6.45, 7) is 0.516. The van der Waals surface area contributed by atoms with Crippen molar-refractivity contribution in [1.82, 2.24) is 4.90 Å². The zero-order valence-electron chi connectivity index (χ0n) is 22.3. The van der Waals surface area contributed by atoms with E-state index in [4.69, 9.17) is 9.47 Å². The monoisotopic (exact) mass is 652 g/mol. The van der Waals surface area contributed by atoms with E-state index < -0.39 is 33.3 Å². The van der Waals surface area contributed by atoms with Crippen LogP contribution in [0.15, 0.2) is 100 Å². The Labute approximate surface area is 251 Å². The first kappa shape index (κ1) is 29.3. The number of anilines is 1. The van der Waals surface area contributed by atoms with Crippen molar-refractivity contribution >= 4 is 43.5 Å². The van der Waals surface area contributed by atoms with Gasteiger partial charge in [0.25, 0.3) is 15.9 Å². The Bertz CT molecular complexity index is 1710. The van der Waals surface area contributed by atoms with Gasteiger partial charge in [-0.1, -0.05) is 66.7 Å². The minimum absolute atomic E-state index is 0.0111. The molecule has 0 unspecified atom stereocenters. The highest BCUT2D eigenvalue weighted by atomic mass is 79.9. The summed E-state index contributed by atoms with van der Waals surface area (Å²) in [5.74, 6) is -2.11. The molecular formula is C31H26BrFN2O6S. The van der Waals surface area contributed by atoms with Gasteiger partial charge in [-0.05, 0) is 63.3 Å². The number of carbonyl (C=O) groups is 2. The molecule has 1 amide bonds. The van der Waals surface area contributed by atoms with Crippen LogP contribution >= 0.6 is 15.9 Å². The number of esters is 1. The van der Waals surface area contributed by atoms with Crippen LogP contribution < -0.4 is 9.46 Å². The predicted molar refractivity (Wildman–Crippen MR) is 159 cm³/mol. The highest BCUT2D eigenvalue weighted by molar-refractivity contribution is 9.10. The largest absolute Gasteiger partial charge is 0.479 e. The third-order valence-corrected chi connectivity index (χ3v) is 8.54. The second-order valence-electron chi connectivity index (χ2n) is 9.53. The van der Waals surface area contributed by atoms with Crippen molar-refractivity contribution in [2.24, 2.45) is 0 Å². The van der Waals surface area contributed by atoms with Crippen LogP contribution in [0.2, 0.25) is 0 Å². The van der Waals surface area contributed by atoms with E-state index in [1.165, 1.54) is 18.2 Å². The molecule has 5 rings (SSSR count). The minimum atomic E-state index is -4.53. The van der Waals surface area contributed by atoms with Gasteiger partial charge >= 0.3 is 5.97 Å². The summed E-state index contributed by atoms with van der Waals surface area (Å²) in [5.41, 5.74) is 1.93. The molecule has 0 aromatic heterocycles. The van der Waals surface area contributed by atoms with E-state index in [-0.39, 0.29) is 34.0 Å². The molecule has 0 bridgehead atoms. The first-order valence-electron chi connectivity index (χ1n) is 13.0. The van der Waals surface area contributed by atoms with Gasteiger partial charge in [0.1, 0.15) is 17.3 Å². The van der Waals surface area contributed by atoms with Crippen molar-refractivity contribution in [2.45, 2.75) is 17.9 Å². The van der Waals surface area contributed by atoms with E-state index in [0.29, 0.717) is 18.7 Å². The predicted octanol–water partition coefficient (Wildman–Crippen LogP) is 6.02. The molecule has 0 spiro atoms. The van der Waals surface area contributed by atoms with Crippen molar-refractivity contribution in [2.75, 3.05) is 24.4 Å². The average molecular weight is 654 g/mol. The van der Waals surface area contributed by atoms with Gasteiger partial charge < -0.3 is 14.4 Å². The number of sulfonamides is 1. The Balaban J connectivity index is 1.44. The molecule has 216 valence electrons. The van der Waals surface area contributed by atoms with Crippen LogP contribution in [0.5, 0.6) is 5.75 Å². The minimum Gasteiger partial charge on any atom is -0.479 e. The van der Waals surface area contributed by atoms with Gasteiger partial charge in [-0.2, -0.15) is 0 Å². The second-order valence-corrected chi connectivity index (χ2v) is 12.0. The highest BCUT2D eigenvalue weighted by Gasteiger charge is 2.29. The summed E-state index contributed by atoms with van der Waals surface area (Å²) >= 11 is 3.30. The van der Waals surface area contributed by atoms with E-state index in [2.05, 4.69) is 20.7 Å². The van der Waals surface area contributed by atoms with E-state index in [9.17, 15) is 22.4 Å². The van der Waals surface area contributed by atoms with E-state index >= 15 is 0 Å². The lowest BCUT2D eigenvalue weighted by atomic mass is 10.1. The molecule has 8 nitrogen and oxygen atoms in total. The van der Waals surface area contributed by atoms with Gasteiger partial charge in [-0.15, -0.1) is 0 Å². The summed E-state index contributed by atoms with van der Waals surface area (Å²) < 4.78 is 55.7. The molecule has 1 heterocycles. The Morgan fingerprint density at radius 1 is 0.905 bits per heavy atom. The SMILES string of the molecule is O=C(COc1c(Br)cc(C(=O)N2CCC2)cc1S(=O)(=O)Nc1cc(-c2ccccc2)ccc1F)OCc1ccccc1. The molecule has 42 heavy (non-hydrogen) atoms. The average Bonchev–Trinajstić information content (AvgIpc) is 2.96. The number of amides is 1. The molecule has 1 aliphatic heterocycles. The van der Waals surface area contributed by atoms with Crippen molar-refractivity contribution in [3.63, 3.8) is 0 Å². The Morgan fingerprint density at radius 2 is 1.60 bits per heavy atom.